The third-order valence-corrected chi connectivity index (χ3v) is 6.04. The van der Waals surface area contributed by atoms with Gasteiger partial charge in [-0.2, -0.15) is 4.31 Å². The molecule has 1 aliphatic heterocycles. The van der Waals surface area contributed by atoms with Crippen LogP contribution in [0, 0.1) is 12.8 Å². The molecule has 0 spiro atoms. The molecule has 1 aliphatic rings. The molecule has 0 aromatic heterocycles. The third kappa shape index (κ3) is 3.42. The number of nitrogens with zero attached hydrogens (tertiary/aromatic N) is 1. The van der Waals surface area contributed by atoms with E-state index in [1.165, 1.54) is 24.6 Å². The normalized spacial score (nSPS) is 19.3. The van der Waals surface area contributed by atoms with Gasteiger partial charge in [0.2, 0.25) is 10.0 Å². The van der Waals surface area contributed by atoms with Gasteiger partial charge in [0.25, 0.3) is 0 Å². The second-order valence-corrected chi connectivity index (χ2v) is 7.42. The van der Waals surface area contributed by atoms with Crippen molar-refractivity contribution in [1.29, 1.82) is 0 Å². The Hall–Kier alpha value is -1.80. The molecule has 0 saturated carbocycles. The molecule has 1 saturated heterocycles. The van der Waals surface area contributed by atoms with Gasteiger partial charge in [0, 0.05) is 19.2 Å². The monoisotopic (exact) mass is 343 g/mol. The molecule has 1 aromatic carbocycles. The van der Waals surface area contributed by atoms with Gasteiger partial charge < -0.3 is 14.6 Å². The van der Waals surface area contributed by atoms with Gasteiger partial charge >= 0.3 is 5.97 Å². The Kier molecular flexibility index (Phi) is 5.16. The Morgan fingerprint density at radius 2 is 1.87 bits per heavy atom. The second kappa shape index (κ2) is 6.76. The summed E-state index contributed by atoms with van der Waals surface area (Å²) >= 11 is 0. The van der Waals surface area contributed by atoms with E-state index in [4.69, 9.17) is 14.6 Å². The fourth-order valence-corrected chi connectivity index (χ4v) is 4.49. The van der Waals surface area contributed by atoms with E-state index in [-0.39, 0.29) is 11.4 Å². The molecule has 23 heavy (non-hydrogen) atoms. The van der Waals surface area contributed by atoms with Crippen LogP contribution in [0.1, 0.15) is 18.4 Å². The maximum Gasteiger partial charge on any atom is 0.307 e. The molecule has 0 aliphatic carbocycles. The first-order valence-corrected chi connectivity index (χ1v) is 8.70. The number of carbonyl (C=O) groups is 1. The average Bonchev–Trinajstić information content (AvgIpc) is 2.54. The number of piperidine rings is 1. The van der Waals surface area contributed by atoms with Gasteiger partial charge in [0.1, 0.15) is 0 Å². The lowest BCUT2D eigenvalue weighted by molar-refractivity contribution is -0.142. The summed E-state index contributed by atoms with van der Waals surface area (Å²) < 4.78 is 37.3. The van der Waals surface area contributed by atoms with Crippen molar-refractivity contribution in [2.75, 3.05) is 27.3 Å². The van der Waals surface area contributed by atoms with Crippen LogP contribution in [0.4, 0.5) is 0 Å². The van der Waals surface area contributed by atoms with Crippen LogP contribution in [0.5, 0.6) is 11.5 Å². The van der Waals surface area contributed by atoms with Crippen molar-refractivity contribution in [2.45, 2.75) is 24.7 Å². The van der Waals surface area contributed by atoms with Crippen LogP contribution in [0.2, 0.25) is 0 Å². The second-order valence-electron chi connectivity index (χ2n) is 5.51. The van der Waals surface area contributed by atoms with Gasteiger partial charge in [-0.15, -0.1) is 0 Å². The Morgan fingerprint density at radius 1 is 1.26 bits per heavy atom. The highest BCUT2D eigenvalue weighted by Crippen LogP contribution is 2.34. The predicted molar refractivity (Wildman–Crippen MR) is 83.4 cm³/mol. The lowest BCUT2D eigenvalue weighted by Gasteiger charge is -2.30. The average molecular weight is 343 g/mol. The Bertz CT molecular complexity index is 700. The fourth-order valence-electron chi connectivity index (χ4n) is 2.74. The Balaban J connectivity index is 2.41. The highest BCUT2D eigenvalue weighted by atomic mass is 32.2. The van der Waals surface area contributed by atoms with Crippen molar-refractivity contribution in [3.05, 3.63) is 17.7 Å². The Labute approximate surface area is 135 Å². The van der Waals surface area contributed by atoms with E-state index in [9.17, 15) is 13.2 Å². The smallest absolute Gasteiger partial charge is 0.307 e. The lowest BCUT2D eigenvalue weighted by Crippen LogP contribution is -2.42. The van der Waals surface area contributed by atoms with Crippen molar-refractivity contribution in [3.63, 3.8) is 0 Å². The van der Waals surface area contributed by atoms with Crippen molar-refractivity contribution in [2.24, 2.45) is 5.92 Å². The number of hydrogen-bond donors (Lipinski definition) is 1. The summed E-state index contributed by atoms with van der Waals surface area (Å²) in [6, 6.07) is 3.03. The van der Waals surface area contributed by atoms with E-state index in [0.29, 0.717) is 36.4 Å². The molecule has 2 rings (SSSR count). The maximum atomic E-state index is 12.9. The van der Waals surface area contributed by atoms with Gasteiger partial charge in [-0.1, -0.05) is 0 Å². The number of methoxy groups -OCH3 is 2. The molecule has 8 heteroatoms. The van der Waals surface area contributed by atoms with Gasteiger partial charge in [-0.25, -0.2) is 8.42 Å². The van der Waals surface area contributed by atoms with E-state index < -0.39 is 21.9 Å². The van der Waals surface area contributed by atoms with E-state index in [1.807, 2.05) is 0 Å². The molecule has 1 atom stereocenters. The number of carboxylic acid groups (broad SMARTS) is 1. The van der Waals surface area contributed by atoms with E-state index >= 15 is 0 Å². The molecule has 1 heterocycles. The summed E-state index contributed by atoms with van der Waals surface area (Å²) in [7, 11) is -0.867. The van der Waals surface area contributed by atoms with E-state index in [0.717, 1.165) is 0 Å². The minimum absolute atomic E-state index is 0.00848. The maximum absolute atomic E-state index is 12.9. The van der Waals surface area contributed by atoms with E-state index in [1.54, 1.807) is 13.0 Å². The molecule has 1 aromatic rings. The summed E-state index contributed by atoms with van der Waals surface area (Å²) in [6.45, 7) is 1.98. The highest BCUT2D eigenvalue weighted by molar-refractivity contribution is 7.89. The van der Waals surface area contributed by atoms with Crippen LogP contribution < -0.4 is 9.47 Å². The van der Waals surface area contributed by atoms with Crippen LogP contribution in [0.3, 0.4) is 0 Å². The number of benzene rings is 1. The number of carboxylic acids is 1. The number of ether oxygens (including phenoxy) is 2. The van der Waals surface area contributed by atoms with Gasteiger partial charge in [0.05, 0.1) is 25.0 Å². The minimum Gasteiger partial charge on any atom is -0.493 e. The highest BCUT2D eigenvalue weighted by Gasteiger charge is 2.34. The largest absolute Gasteiger partial charge is 0.493 e. The lowest BCUT2D eigenvalue weighted by atomic mass is 10.0. The van der Waals surface area contributed by atoms with Gasteiger partial charge in [-0.3, -0.25) is 4.79 Å². The molecule has 1 N–H and O–H groups in total. The van der Waals surface area contributed by atoms with Gasteiger partial charge in [-0.05, 0) is 31.4 Å². The molecular formula is C15H21NO6S. The molecule has 1 unspecified atom stereocenters. The summed E-state index contributed by atoms with van der Waals surface area (Å²) in [5, 5.41) is 9.14. The van der Waals surface area contributed by atoms with Crippen molar-refractivity contribution in [3.8, 4) is 11.5 Å². The quantitative estimate of drug-likeness (QED) is 0.871. The summed E-state index contributed by atoms with van der Waals surface area (Å²) in [6.07, 6.45) is 1.02. The van der Waals surface area contributed by atoms with Gasteiger partial charge in [0.15, 0.2) is 11.5 Å². The minimum atomic E-state index is -3.78. The van der Waals surface area contributed by atoms with Crippen molar-refractivity contribution >= 4 is 16.0 Å². The summed E-state index contributed by atoms with van der Waals surface area (Å²) in [5.74, 6) is -0.859. The molecule has 0 bridgehead atoms. The number of rotatable bonds is 5. The number of hydrogen-bond acceptors (Lipinski definition) is 5. The molecular weight excluding hydrogens is 322 g/mol. The third-order valence-electron chi connectivity index (χ3n) is 4.03. The first-order valence-electron chi connectivity index (χ1n) is 7.26. The number of aliphatic carboxylic acids is 1. The molecule has 7 nitrogen and oxygen atoms in total. The molecule has 0 radical (unpaired) electrons. The summed E-state index contributed by atoms with van der Waals surface area (Å²) in [5.41, 5.74) is 0.528. The molecule has 0 amide bonds. The van der Waals surface area contributed by atoms with E-state index in [2.05, 4.69) is 0 Å². The van der Waals surface area contributed by atoms with Crippen LogP contribution in [0.15, 0.2) is 17.0 Å². The zero-order valence-corrected chi connectivity index (χ0v) is 14.2. The van der Waals surface area contributed by atoms with Crippen LogP contribution >= 0.6 is 0 Å². The SMILES string of the molecule is COc1cc(C)c(S(=O)(=O)N2CCCC(C(=O)O)C2)cc1OC. The topological polar surface area (TPSA) is 93.1 Å². The number of sulfonamides is 1. The van der Waals surface area contributed by atoms with Crippen LogP contribution in [-0.4, -0.2) is 51.1 Å². The van der Waals surface area contributed by atoms with Crippen LogP contribution in [0.25, 0.3) is 0 Å². The molecule has 128 valence electrons. The molecule has 1 fully saturated rings. The van der Waals surface area contributed by atoms with Crippen molar-refractivity contribution < 1.29 is 27.8 Å². The van der Waals surface area contributed by atoms with Crippen molar-refractivity contribution in [1.82, 2.24) is 4.31 Å². The first-order chi connectivity index (χ1) is 10.8. The summed E-state index contributed by atoms with van der Waals surface area (Å²) in [4.78, 5) is 11.3. The number of aryl methyl sites for hydroxylation is 1. The first kappa shape index (κ1) is 17.6. The fraction of sp³-hybridized carbons (Fsp3) is 0.533. The zero-order valence-electron chi connectivity index (χ0n) is 13.4. The van der Waals surface area contributed by atoms with Crippen LogP contribution in [-0.2, 0) is 14.8 Å². The predicted octanol–water partition coefficient (Wildman–Crippen LogP) is 1.50. The Morgan fingerprint density at radius 3 is 2.43 bits per heavy atom. The standard InChI is InChI=1S/C15H21NO6S/c1-10-7-12(21-2)13(22-3)8-14(10)23(19,20)16-6-4-5-11(9-16)15(17)18/h7-8,11H,4-6,9H2,1-3H3,(H,17,18). The zero-order chi connectivity index (χ0) is 17.2.